The van der Waals surface area contributed by atoms with Crippen LogP contribution in [0.15, 0.2) is 66.9 Å². The van der Waals surface area contributed by atoms with E-state index in [0.717, 1.165) is 43.4 Å². The van der Waals surface area contributed by atoms with Crippen LogP contribution in [0.4, 0.5) is 0 Å². The maximum atomic E-state index is 13.4. The Morgan fingerprint density at radius 3 is 2.45 bits per heavy atom. The van der Waals surface area contributed by atoms with Crippen molar-refractivity contribution in [1.29, 1.82) is 0 Å². The van der Waals surface area contributed by atoms with Gasteiger partial charge >= 0.3 is 0 Å². The number of benzene rings is 2. The second-order valence-electron chi connectivity index (χ2n) is 11.1. The van der Waals surface area contributed by atoms with Crippen molar-refractivity contribution in [2.45, 2.75) is 76.4 Å². The van der Waals surface area contributed by atoms with Gasteiger partial charge in [-0.15, -0.1) is 0 Å². The number of aromatic nitrogens is 2. The summed E-state index contributed by atoms with van der Waals surface area (Å²) in [6.07, 6.45) is 7.39. The second-order valence-corrected chi connectivity index (χ2v) is 11.1. The summed E-state index contributed by atoms with van der Waals surface area (Å²) in [5.41, 5.74) is 3.27. The third-order valence-corrected chi connectivity index (χ3v) is 7.88. The molecule has 8 heteroatoms. The second kappa shape index (κ2) is 12.9. The van der Waals surface area contributed by atoms with E-state index in [0.29, 0.717) is 24.7 Å². The molecule has 1 aliphatic heterocycles. The summed E-state index contributed by atoms with van der Waals surface area (Å²) in [7, 11) is 0. The van der Waals surface area contributed by atoms with Gasteiger partial charge in [0, 0.05) is 37.7 Å². The molecule has 2 aliphatic rings. The van der Waals surface area contributed by atoms with Crippen LogP contribution < -0.4 is 10.6 Å². The van der Waals surface area contributed by atoms with Crippen LogP contribution in [-0.4, -0.2) is 45.2 Å². The van der Waals surface area contributed by atoms with Crippen molar-refractivity contribution in [3.8, 4) is 0 Å². The fraction of sp³-hybridized carbons (Fsp3) is 0.438. The molecule has 5 rings (SSSR count). The van der Waals surface area contributed by atoms with E-state index in [1.807, 2.05) is 48.2 Å². The SMILES string of the molecule is C[C@H](NC(=O)[C@H](CCC(=O)N1CCC[C@@H]1c1ccccc1)NC(=O)CC1CC1)c1ncc(Cc2ccccc2)[nH]1. The summed E-state index contributed by atoms with van der Waals surface area (Å²) in [5, 5.41) is 5.92. The molecule has 8 nitrogen and oxygen atoms in total. The Kier molecular flexibility index (Phi) is 8.94. The predicted molar refractivity (Wildman–Crippen MR) is 153 cm³/mol. The van der Waals surface area contributed by atoms with Crippen LogP contribution in [0.25, 0.3) is 0 Å². The number of carbonyl (C=O) groups excluding carboxylic acids is 3. The van der Waals surface area contributed by atoms with Crippen molar-refractivity contribution in [2.24, 2.45) is 5.92 Å². The molecule has 2 aromatic carbocycles. The molecule has 1 saturated heterocycles. The van der Waals surface area contributed by atoms with E-state index in [4.69, 9.17) is 0 Å². The van der Waals surface area contributed by atoms with Crippen LogP contribution in [0.1, 0.15) is 86.6 Å². The van der Waals surface area contributed by atoms with E-state index in [-0.39, 0.29) is 42.6 Å². The number of nitrogens with one attached hydrogen (secondary N) is 3. The third kappa shape index (κ3) is 7.37. The quantitative estimate of drug-likeness (QED) is 0.311. The largest absolute Gasteiger partial charge is 0.345 e. The first-order valence-corrected chi connectivity index (χ1v) is 14.5. The Bertz CT molecular complexity index is 1290. The van der Waals surface area contributed by atoms with Crippen LogP contribution in [0.5, 0.6) is 0 Å². The topological polar surface area (TPSA) is 107 Å². The number of carbonyl (C=O) groups is 3. The maximum Gasteiger partial charge on any atom is 0.243 e. The minimum absolute atomic E-state index is 0.0187. The Balaban J connectivity index is 1.20. The molecular formula is C32H39N5O3. The highest BCUT2D eigenvalue weighted by Gasteiger charge is 2.32. The van der Waals surface area contributed by atoms with E-state index in [1.54, 1.807) is 6.20 Å². The lowest BCUT2D eigenvalue weighted by Crippen LogP contribution is -2.48. The molecule has 3 N–H and O–H groups in total. The van der Waals surface area contributed by atoms with E-state index in [1.165, 1.54) is 5.56 Å². The number of rotatable bonds is 12. The Morgan fingerprint density at radius 2 is 1.73 bits per heavy atom. The molecule has 0 radical (unpaired) electrons. The molecule has 3 amide bonds. The molecule has 0 bridgehead atoms. The summed E-state index contributed by atoms with van der Waals surface area (Å²) < 4.78 is 0. The molecule has 0 unspecified atom stereocenters. The zero-order chi connectivity index (χ0) is 27.9. The monoisotopic (exact) mass is 541 g/mol. The first-order chi connectivity index (χ1) is 19.5. The molecule has 2 fully saturated rings. The first-order valence-electron chi connectivity index (χ1n) is 14.5. The van der Waals surface area contributed by atoms with Gasteiger partial charge in [0.1, 0.15) is 11.9 Å². The number of amides is 3. The number of hydrogen-bond donors (Lipinski definition) is 3. The van der Waals surface area contributed by atoms with Gasteiger partial charge in [0.05, 0.1) is 12.1 Å². The highest BCUT2D eigenvalue weighted by atomic mass is 16.2. The zero-order valence-corrected chi connectivity index (χ0v) is 23.1. The van der Waals surface area contributed by atoms with E-state index in [2.05, 4.69) is 44.9 Å². The van der Waals surface area contributed by atoms with Crippen molar-refractivity contribution in [1.82, 2.24) is 25.5 Å². The van der Waals surface area contributed by atoms with Gasteiger partial charge in [-0.25, -0.2) is 4.98 Å². The summed E-state index contributed by atoms with van der Waals surface area (Å²) in [6, 6.07) is 19.1. The van der Waals surface area contributed by atoms with Crippen LogP contribution in [0, 0.1) is 5.92 Å². The smallest absolute Gasteiger partial charge is 0.243 e. The van der Waals surface area contributed by atoms with Gasteiger partial charge in [0.15, 0.2) is 0 Å². The van der Waals surface area contributed by atoms with Gasteiger partial charge in [-0.2, -0.15) is 0 Å². The van der Waals surface area contributed by atoms with Crippen LogP contribution in [0.2, 0.25) is 0 Å². The molecule has 1 saturated carbocycles. The fourth-order valence-corrected chi connectivity index (χ4v) is 5.49. The highest BCUT2D eigenvalue weighted by molar-refractivity contribution is 5.88. The molecule has 3 aromatic rings. The maximum absolute atomic E-state index is 13.4. The van der Waals surface area contributed by atoms with Gasteiger partial charge in [-0.05, 0) is 56.1 Å². The van der Waals surface area contributed by atoms with Crippen LogP contribution in [-0.2, 0) is 20.8 Å². The van der Waals surface area contributed by atoms with Crippen molar-refractivity contribution in [2.75, 3.05) is 6.54 Å². The lowest BCUT2D eigenvalue weighted by atomic mass is 10.0. The molecule has 1 aliphatic carbocycles. The first kappa shape index (κ1) is 27.6. The predicted octanol–water partition coefficient (Wildman–Crippen LogP) is 4.61. The number of hydrogen-bond acceptors (Lipinski definition) is 4. The summed E-state index contributed by atoms with van der Waals surface area (Å²) >= 11 is 0. The summed E-state index contributed by atoms with van der Waals surface area (Å²) in [6.45, 7) is 2.58. The Labute approximate surface area is 236 Å². The zero-order valence-electron chi connectivity index (χ0n) is 23.1. The number of H-pyrrole nitrogens is 1. The van der Waals surface area contributed by atoms with Crippen LogP contribution in [0.3, 0.4) is 0 Å². The lowest BCUT2D eigenvalue weighted by Gasteiger charge is -2.26. The average Bonchev–Trinajstić information content (AvgIpc) is 3.43. The Morgan fingerprint density at radius 1 is 1.00 bits per heavy atom. The lowest BCUT2D eigenvalue weighted by molar-refractivity contribution is -0.134. The normalized spacial score (nSPS) is 18.2. The number of likely N-dealkylation sites (tertiary alicyclic amines) is 1. The molecule has 2 heterocycles. The number of nitrogens with zero attached hydrogens (tertiary/aromatic N) is 2. The van der Waals surface area contributed by atoms with E-state index < -0.39 is 6.04 Å². The van der Waals surface area contributed by atoms with Crippen molar-refractivity contribution >= 4 is 17.7 Å². The Hall–Kier alpha value is -3.94. The minimum atomic E-state index is -0.783. The molecule has 210 valence electrons. The van der Waals surface area contributed by atoms with Crippen LogP contribution >= 0.6 is 0 Å². The van der Waals surface area contributed by atoms with Gasteiger partial charge < -0.3 is 20.5 Å². The summed E-state index contributed by atoms with van der Waals surface area (Å²) in [4.78, 5) is 49.1. The standard InChI is InChI=1S/C32H39N5O3/c1-22(31-33-21-26(35-31)19-23-9-4-2-5-10-23)34-32(40)27(36-29(38)20-24-14-15-24)16-17-30(39)37-18-8-13-28(37)25-11-6-3-7-12-25/h2-7,9-12,21-22,24,27-28H,8,13-20H2,1H3,(H,33,35)(H,34,40)(H,36,38)/t22-,27-,28+/m0/s1. The number of imidazole rings is 1. The number of aromatic amines is 1. The minimum Gasteiger partial charge on any atom is -0.345 e. The highest BCUT2D eigenvalue weighted by Crippen LogP contribution is 2.33. The van der Waals surface area contributed by atoms with Crippen molar-refractivity contribution in [3.63, 3.8) is 0 Å². The molecule has 3 atom stereocenters. The van der Waals surface area contributed by atoms with Gasteiger partial charge in [-0.1, -0.05) is 60.7 Å². The van der Waals surface area contributed by atoms with Gasteiger partial charge in [0.25, 0.3) is 0 Å². The summed E-state index contributed by atoms with van der Waals surface area (Å²) in [5.74, 6) is 0.652. The fourth-order valence-electron chi connectivity index (χ4n) is 5.49. The molecule has 40 heavy (non-hydrogen) atoms. The average molecular weight is 542 g/mol. The van der Waals surface area contributed by atoms with Gasteiger partial charge in [0.2, 0.25) is 17.7 Å². The third-order valence-electron chi connectivity index (χ3n) is 7.88. The van der Waals surface area contributed by atoms with E-state index in [9.17, 15) is 14.4 Å². The van der Waals surface area contributed by atoms with Crippen molar-refractivity contribution in [3.05, 3.63) is 89.5 Å². The molecular weight excluding hydrogens is 502 g/mol. The van der Waals surface area contributed by atoms with Gasteiger partial charge in [-0.3, -0.25) is 14.4 Å². The van der Waals surface area contributed by atoms with Crippen molar-refractivity contribution < 1.29 is 14.4 Å². The van der Waals surface area contributed by atoms with E-state index >= 15 is 0 Å². The molecule has 1 aromatic heterocycles. The molecule has 0 spiro atoms.